The van der Waals surface area contributed by atoms with Crippen molar-refractivity contribution in [3.8, 4) is 0 Å². The van der Waals surface area contributed by atoms with Gasteiger partial charge >= 0.3 is 0 Å². The van der Waals surface area contributed by atoms with Crippen LogP contribution in [0.3, 0.4) is 0 Å². The second kappa shape index (κ2) is 5.34. The standard InChI is InChI=1S/C16H23ClN2/c1-3-14-9-18-15(12-5-6-12)10-19(14)16-8-13(17)7-4-11(16)2/h4,7-8,12,14-15,18H,3,5-6,9-10H2,1-2H3. The van der Waals surface area contributed by atoms with Gasteiger partial charge in [0.2, 0.25) is 0 Å². The third-order valence-electron chi connectivity index (χ3n) is 4.59. The third kappa shape index (κ3) is 2.75. The molecule has 1 aliphatic heterocycles. The second-order valence-electron chi connectivity index (χ2n) is 6.00. The summed E-state index contributed by atoms with van der Waals surface area (Å²) in [6, 6.07) is 7.52. The van der Waals surface area contributed by atoms with E-state index in [0.29, 0.717) is 12.1 Å². The number of nitrogens with zero attached hydrogens (tertiary/aromatic N) is 1. The van der Waals surface area contributed by atoms with Crippen molar-refractivity contribution in [3.63, 3.8) is 0 Å². The summed E-state index contributed by atoms with van der Waals surface area (Å²) in [5.41, 5.74) is 2.66. The smallest absolute Gasteiger partial charge is 0.0426 e. The number of aryl methyl sites for hydroxylation is 1. The summed E-state index contributed by atoms with van der Waals surface area (Å²) in [6.45, 7) is 6.69. The highest BCUT2D eigenvalue weighted by Gasteiger charge is 2.37. The van der Waals surface area contributed by atoms with Gasteiger partial charge in [0, 0.05) is 35.9 Å². The molecule has 1 aromatic carbocycles. The summed E-state index contributed by atoms with van der Waals surface area (Å²) in [4.78, 5) is 2.58. The molecular formula is C16H23ClN2. The normalized spacial score (nSPS) is 27.6. The molecule has 0 aromatic heterocycles. The van der Waals surface area contributed by atoms with E-state index in [-0.39, 0.29) is 0 Å². The van der Waals surface area contributed by atoms with Gasteiger partial charge in [-0.15, -0.1) is 0 Å². The Bertz CT molecular complexity index is 456. The fourth-order valence-corrected chi connectivity index (χ4v) is 3.36. The van der Waals surface area contributed by atoms with E-state index in [1.165, 1.54) is 30.5 Å². The van der Waals surface area contributed by atoms with Crippen LogP contribution in [0.1, 0.15) is 31.7 Å². The van der Waals surface area contributed by atoms with E-state index in [9.17, 15) is 0 Å². The minimum Gasteiger partial charge on any atom is -0.365 e. The van der Waals surface area contributed by atoms with E-state index in [1.54, 1.807) is 0 Å². The summed E-state index contributed by atoms with van der Waals surface area (Å²) in [5.74, 6) is 0.903. The predicted octanol–water partition coefficient (Wildman–Crippen LogP) is 3.62. The van der Waals surface area contributed by atoms with Crippen LogP contribution in [0.25, 0.3) is 0 Å². The van der Waals surface area contributed by atoms with Crippen molar-refractivity contribution in [1.82, 2.24) is 5.32 Å². The Hall–Kier alpha value is -0.730. The van der Waals surface area contributed by atoms with Gasteiger partial charge in [-0.05, 0) is 49.8 Å². The van der Waals surface area contributed by atoms with Crippen molar-refractivity contribution in [2.75, 3.05) is 18.0 Å². The molecule has 3 heteroatoms. The van der Waals surface area contributed by atoms with Crippen LogP contribution in [0.2, 0.25) is 5.02 Å². The molecule has 1 heterocycles. The fraction of sp³-hybridized carbons (Fsp3) is 0.625. The fourth-order valence-electron chi connectivity index (χ4n) is 3.19. The molecule has 1 saturated heterocycles. The first-order chi connectivity index (χ1) is 9.19. The molecule has 1 N–H and O–H groups in total. The highest BCUT2D eigenvalue weighted by atomic mass is 35.5. The van der Waals surface area contributed by atoms with Crippen LogP contribution in [0.15, 0.2) is 18.2 Å². The first-order valence-corrected chi connectivity index (χ1v) is 7.83. The van der Waals surface area contributed by atoms with Crippen LogP contribution >= 0.6 is 11.6 Å². The van der Waals surface area contributed by atoms with Crippen LogP contribution < -0.4 is 10.2 Å². The van der Waals surface area contributed by atoms with Crippen molar-refractivity contribution in [2.45, 2.75) is 45.2 Å². The largest absolute Gasteiger partial charge is 0.365 e. The van der Waals surface area contributed by atoms with Gasteiger partial charge in [0.15, 0.2) is 0 Å². The number of benzene rings is 1. The van der Waals surface area contributed by atoms with Crippen molar-refractivity contribution >= 4 is 17.3 Å². The molecule has 0 radical (unpaired) electrons. The molecule has 1 saturated carbocycles. The molecule has 2 fully saturated rings. The van der Waals surface area contributed by atoms with Crippen molar-refractivity contribution in [3.05, 3.63) is 28.8 Å². The molecular weight excluding hydrogens is 256 g/mol. The quantitative estimate of drug-likeness (QED) is 0.909. The number of nitrogens with one attached hydrogen (secondary N) is 1. The zero-order valence-corrected chi connectivity index (χ0v) is 12.6. The van der Waals surface area contributed by atoms with Gasteiger partial charge in [-0.2, -0.15) is 0 Å². The van der Waals surface area contributed by atoms with Crippen LogP contribution in [0, 0.1) is 12.8 Å². The molecule has 2 nitrogen and oxygen atoms in total. The highest BCUT2D eigenvalue weighted by molar-refractivity contribution is 6.30. The number of rotatable bonds is 3. The van der Waals surface area contributed by atoms with Crippen LogP contribution in [0.4, 0.5) is 5.69 Å². The first kappa shape index (κ1) is 13.3. The molecule has 0 bridgehead atoms. The molecule has 0 spiro atoms. The lowest BCUT2D eigenvalue weighted by Gasteiger charge is -2.42. The predicted molar refractivity (Wildman–Crippen MR) is 82.1 cm³/mol. The SMILES string of the molecule is CCC1CNC(C2CC2)CN1c1cc(Cl)ccc1C. The minimum absolute atomic E-state index is 0.590. The van der Waals surface area contributed by atoms with Gasteiger partial charge in [-0.1, -0.05) is 24.6 Å². The van der Waals surface area contributed by atoms with Gasteiger partial charge in [0.1, 0.15) is 0 Å². The van der Waals surface area contributed by atoms with Gasteiger partial charge < -0.3 is 10.2 Å². The van der Waals surface area contributed by atoms with Crippen LogP contribution in [-0.2, 0) is 0 Å². The van der Waals surface area contributed by atoms with E-state index in [0.717, 1.165) is 24.0 Å². The van der Waals surface area contributed by atoms with Crippen LogP contribution in [0.5, 0.6) is 0 Å². The lowest BCUT2D eigenvalue weighted by molar-refractivity contribution is 0.359. The lowest BCUT2D eigenvalue weighted by Crippen LogP contribution is -2.57. The Morgan fingerprint density at radius 1 is 1.37 bits per heavy atom. The summed E-state index contributed by atoms with van der Waals surface area (Å²) in [5, 5.41) is 4.59. The third-order valence-corrected chi connectivity index (χ3v) is 4.83. The first-order valence-electron chi connectivity index (χ1n) is 7.45. The van der Waals surface area contributed by atoms with Gasteiger partial charge in [0.25, 0.3) is 0 Å². The molecule has 2 atom stereocenters. The zero-order chi connectivity index (χ0) is 13.4. The Kier molecular flexibility index (Phi) is 3.72. The summed E-state index contributed by atoms with van der Waals surface area (Å²) in [6.07, 6.45) is 3.98. The monoisotopic (exact) mass is 278 g/mol. The topological polar surface area (TPSA) is 15.3 Å². The lowest BCUT2D eigenvalue weighted by atomic mass is 10.0. The van der Waals surface area contributed by atoms with Crippen molar-refractivity contribution < 1.29 is 0 Å². The number of piperazine rings is 1. The molecule has 0 amide bonds. The summed E-state index contributed by atoms with van der Waals surface area (Å²) < 4.78 is 0. The Balaban J connectivity index is 1.87. The zero-order valence-electron chi connectivity index (χ0n) is 11.8. The number of hydrogen-bond acceptors (Lipinski definition) is 2. The molecule has 2 unspecified atom stereocenters. The maximum Gasteiger partial charge on any atom is 0.0426 e. The molecule has 2 aliphatic rings. The molecule has 1 aliphatic carbocycles. The average Bonchev–Trinajstić information content (AvgIpc) is 3.25. The number of hydrogen-bond donors (Lipinski definition) is 1. The molecule has 19 heavy (non-hydrogen) atoms. The van der Waals surface area contributed by atoms with E-state index in [4.69, 9.17) is 11.6 Å². The Labute approximate surface area is 121 Å². The Morgan fingerprint density at radius 3 is 2.84 bits per heavy atom. The second-order valence-corrected chi connectivity index (χ2v) is 6.43. The van der Waals surface area contributed by atoms with E-state index >= 15 is 0 Å². The van der Waals surface area contributed by atoms with Gasteiger partial charge in [-0.25, -0.2) is 0 Å². The van der Waals surface area contributed by atoms with Crippen LogP contribution in [-0.4, -0.2) is 25.2 Å². The maximum atomic E-state index is 6.20. The molecule has 104 valence electrons. The van der Waals surface area contributed by atoms with E-state index in [2.05, 4.69) is 36.2 Å². The molecule has 1 aromatic rings. The number of halogens is 1. The van der Waals surface area contributed by atoms with Gasteiger partial charge in [0.05, 0.1) is 0 Å². The van der Waals surface area contributed by atoms with E-state index in [1.807, 2.05) is 6.07 Å². The highest BCUT2D eigenvalue weighted by Crippen LogP contribution is 2.36. The Morgan fingerprint density at radius 2 is 2.16 bits per heavy atom. The summed E-state index contributed by atoms with van der Waals surface area (Å²) >= 11 is 6.20. The number of anilines is 1. The van der Waals surface area contributed by atoms with E-state index < -0.39 is 0 Å². The van der Waals surface area contributed by atoms with Gasteiger partial charge in [-0.3, -0.25) is 0 Å². The average molecular weight is 279 g/mol. The minimum atomic E-state index is 0.590. The van der Waals surface area contributed by atoms with Crippen molar-refractivity contribution in [2.24, 2.45) is 5.92 Å². The maximum absolute atomic E-state index is 6.20. The summed E-state index contributed by atoms with van der Waals surface area (Å²) in [7, 11) is 0. The molecule has 3 rings (SSSR count). The van der Waals surface area contributed by atoms with Crippen molar-refractivity contribution in [1.29, 1.82) is 0 Å².